The van der Waals surface area contributed by atoms with E-state index in [1.54, 1.807) is 45.2 Å². The molecule has 0 saturated carbocycles. The monoisotopic (exact) mass is 734 g/mol. The largest absolute Gasteiger partial charge is 0.496 e. The predicted octanol–water partition coefficient (Wildman–Crippen LogP) is 6.54. The number of benzene rings is 2. The van der Waals surface area contributed by atoms with Crippen LogP contribution >= 0.6 is 0 Å². The SMILES string of the molecule is COc1cc2cc(c1-c1cccc(C(=O)O)c1)N(C)C(=O)C[C@H](OC(=O)C(C)C)C(C)(C)[C@@H](C)[C@H](C)[C@@H]1C[C@@](O)(NC(=O)O1)[C@H](OC)/C=C/C=C(\C)C2. The number of carbonyl (C=O) groups is 4. The standard InChI is InChI=1S/C41H54N2O10/c1-23(2)38(47)53-34-21-35(44)43(8)30-18-27(19-31(50-9)36(30)28-14-12-15-29(20-28)37(45)46)17-24(3)13-11-16-33(51-10)41(49)22-32(52-39(48)42-41)25(4)26(5)40(34,6)7/h11-16,18-20,23,25-26,32-34,49H,17,21-22H2,1-10H3,(H,42,48)(H,45,46)/b16-11+,24-13+/t25-,26-,32-,33+,34-,41-/m0/s1. The van der Waals surface area contributed by atoms with Gasteiger partial charge in [-0.15, -0.1) is 0 Å². The zero-order valence-electron chi connectivity index (χ0n) is 32.4. The third kappa shape index (κ3) is 9.10. The minimum atomic E-state index is -1.79. The number of allylic oxidation sites excluding steroid dienone is 3. The third-order valence-electron chi connectivity index (χ3n) is 10.9. The summed E-state index contributed by atoms with van der Waals surface area (Å²) in [7, 11) is 4.61. The van der Waals surface area contributed by atoms with Crippen LogP contribution in [0.3, 0.4) is 0 Å². The van der Waals surface area contributed by atoms with Crippen molar-refractivity contribution >= 4 is 29.6 Å². The zero-order chi connectivity index (χ0) is 39.4. The van der Waals surface area contributed by atoms with Crippen molar-refractivity contribution in [1.82, 2.24) is 5.32 Å². The fraction of sp³-hybridized carbons (Fsp3) is 0.512. The normalized spacial score (nSPS) is 28.3. The molecule has 0 unspecified atom stereocenters. The molecule has 2 aromatic rings. The minimum absolute atomic E-state index is 0.0153. The highest BCUT2D eigenvalue weighted by molar-refractivity contribution is 6.00. The lowest BCUT2D eigenvalue weighted by atomic mass is 9.66. The molecule has 2 aromatic carbocycles. The van der Waals surface area contributed by atoms with Crippen molar-refractivity contribution in [2.45, 2.75) is 91.8 Å². The highest BCUT2D eigenvalue weighted by Gasteiger charge is 2.50. The van der Waals surface area contributed by atoms with Crippen molar-refractivity contribution in [3.63, 3.8) is 0 Å². The van der Waals surface area contributed by atoms with E-state index in [2.05, 4.69) is 5.32 Å². The maximum Gasteiger partial charge on any atom is 0.409 e. The number of esters is 1. The molecule has 4 rings (SSSR count). The predicted molar refractivity (Wildman–Crippen MR) is 201 cm³/mol. The van der Waals surface area contributed by atoms with E-state index in [1.807, 2.05) is 52.8 Å². The second-order valence-corrected chi connectivity index (χ2v) is 15.2. The van der Waals surface area contributed by atoms with E-state index in [-0.39, 0.29) is 36.1 Å². The Morgan fingerprint density at radius 1 is 1.09 bits per heavy atom. The van der Waals surface area contributed by atoms with Crippen LogP contribution in [-0.2, 0) is 30.2 Å². The van der Waals surface area contributed by atoms with Crippen LogP contribution in [0.15, 0.2) is 60.2 Å². The van der Waals surface area contributed by atoms with Crippen LogP contribution in [0.2, 0.25) is 0 Å². The van der Waals surface area contributed by atoms with Crippen LogP contribution in [-0.4, -0.2) is 79.5 Å². The van der Waals surface area contributed by atoms with Gasteiger partial charge in [0.15, 0.2) is 5.72 Å². The molecule has 0 radical (unpaired) electrons. The number of carboxylic acids is 1. The Labute approximate surface area is 312 Å². The van der Waals surface area contributed by atoms with Crippen molar-refractivity contribution in [1.29, 1.82) is 0 Å². The van der Waals surface area contributed by atoms with Crippen LogP contribution in [0.4, 0.5) is 10.5 Å². The van der Waals surface area contributed by atoms with E-state index in [4.69, 9.17) is 18.9 Å². The maximum absolute atomic E-state index is 14.5. The smallest absolute Gasteiger partial charge is 0.409 e. The fourth-order valence-corrected chi connectivity index (χ4v) is 7.10. The molecule has 1 fully saturated rings. The molecule has 0 aromatic heterocycles. The second-order valence-electron chi connectivity index (χ2n) is 15.2. The molecule has 0 spiro atoms. The zero-order valence-corrected chi connectivity index (χ0v) is 32.4. The first kappa shape index (κ1) is 41.1. The summed E-state index contributed by atoms with van der Waals surface area (Å²) in [6.45, 7) is 13.1. The van der Waals surface area contributed by atoms with Crippen molar-refractivity contribution in [2.75, 3.05) is 26.2 Å². The molecule has 288 valence electrons. The molecule has 1 saturated heterocycles. The summed E-state index contributed by atoms with van der Waals surface area (Å²) in [5, 5.41) is 24.1. The summed E-state index contributed by atoms with van der Waals surface area (Å²) in [5.41, 5.74) is 0.715. The van der Waals surface area contributed by atoms with Gasteiger partial charge in [-0.1, -0.05) is 77.5 Å². The Kier molecular flexibility index (Phi) is 12.8. The number of amides is 2. The van der Waals surface area contributed by atoms with Gasteiger partial charge in [0.2, 0.25) is 5.91 Å². The first-order chi connectivity index (χ1) is 24.8. The number of hydrogen-bond donors (Lipinski definition) is 3. The van der Waals surface area contributed by atoms with E-state index >= 15 is 0 Å². The molecule has 6 atom stereocenters. The number of anilines is 1. The molecule has 12 heteroatoms. The van der Waals surface area contributed by atoms with Crippen LogP contribution in [0, 0.1) is 23.2 Å². The number of methoxy groups -OCH3 is 2. The van der Waals surface area contributed by atoms with Crippen LogP contribution in [0.1, 0.15) is 77.2 Å². The van der Waals surface area contributed by atoms with E-state index < -0.39 is 53.4 Å². The number of ether oxygens (including phenoxy) is 4. The number of fused-ring (bicyclic) bond motifs is 4. The number of aromatic carboxylic acids is 1. The Balaban J connectivity index is 1.95. The number of carboxylic acid groups (broad SMARTS) is 1. The molecular weight excluding hydrogens is 680 g/mol. The molecule has 53 heavy (non-hydrogen) atoms. The van der Waals surface area contributed by atoms with E-state index in [9.17, 15) is 29.4 Å². The summed E-state index contributed by atoms with van der Waals surface area (Å²) < 4.78 is 23.5. The number of rotatable bonds is 6. The van der Waals surface area contributed by atoms with Crippen LogP contribution in [0.5, 0.6) is 5.75 Å². The van der Waals surface area contributed by atoms with Gasteiger partial charge in [0.25, 0.3) is 0 Å². The summed E-state index contributed by atoms with van der Waals surface area (Å²) >= 11 is 0. The lowest BCUT2D eigenvalue weighted by molar-refractivity contribution is -0.168. The number of alkyl carbamates (subject to hydrolysis) is 1. The molecule has 2 heterocycles. The van der Waals surface area contributed by atoms with Gasteiger partial charge in [0.1, 0.15) is 24.1 Å². The topological polar surface area (TPSA) is 161 Å². The van der Waals surface area contributed by atoms with E-state index in [0.29, 0.717) is 29.0 Å². The number of nitrogens with one attached hydrogen (secondary N) is 1. The maximum atomic E-state index is 14.5. The van der Waals surface area contributed by atoms with Gasteiger partial charge in [-0.3, -0.25) is 14.9 Å². The summed E-state index contributed by atoms with van der Waals surface area (Å²) in [6.07, 6.45) is 2.21. The number of nitrogens with zero attached hydrogens (tertiary/aromatic N) is 1. The average Bonchev–Trinajstić information content (AvgIpc) is 3.10. The average molecular weight is 735 g/mol. The van der Waals surface area contributed by atoms with Crippen LogP contribution < -0.4 is 15.0 Å². The number of hydrogen-bond acceptors (Lipinski definition) is 9. The number of carbonyl (C=O) groups excluding carboxylic acids is 3. The molecule has 3 N–H and O–H groups in total. The first-order valence-corrected chi connectivity index (χ1v) is 17.9. The molecule has 4 bridgehead atoms. The summed E-state index contributed by atoms with van der Waals surface area (Å²) in [4.78, 5) is 54.1. The van der Waals surface area contributed by atoms with Gasteiger partial charge in [0, 0.05) is 31.6 Å². The minimum Gasteiger partial charge on any atom is -0.496 e. The van der Waals surface area contributed by atoms with Gasteiger partial charge < -0.3 is 34.1 Å². The summed E-state index contributed by atoms with van der Waals surface area (Å²) in [5.74, 6) is -2.62. The Bertz CT molecular complexity index is 1760. The molecule has 0 aliphatic carbocycles. The molecule has 12 nitrogen and oxygen atoms in total. The fourth-order valence-electron chi connectivity index (χ4n) is 7.10. The highest BCUT2D eigenvalue weighted by atomic mass is 16.6. The number of aliphatic hydroxyl groups is 1. The first-order valence-electron chi connectivity index (χ1n) is 17.9. The van der Waals surface area contributed by atoms with Gasteiger partial charge >= 0.3 is 18.0 Å². The third-order valence-corrected chi connectivity index (χ3v) is 10.9. The quantitative estimate of drug-likeness (QED) is 0.278. The van der Waals surface area contributed by atoms with E-state index in [1.165, 1.54) is 31.3 Å². The second kappa shape index (κ2) is 16.6. The van der Waals surface area contributed by atoms with Gasteiger partial charge in [-0.2, -0.15) is 0 Å². The van der Waals surface area contributed by atoms with Crippen molar-refractivity contribution in [2.24, 2.45) is 23.2 Å². The van der Waals surface area contributed by atoms with Crippen molar-refractivity contribution in [3.8, 4) is 16.9 Å². The highest BCUT2D eigenvalue weighted by Crippen LogP contribution is 2.45. The van der Waals surface area contributed by atoms with Gasteiger partial charge in [-0.05, 0) is 60.6 Å². The Morgan fingerprint density at radius 3 is 2.42 bits per heavy atom. The molecule has 2 aliphatic rings. The van der Waals surface area contributed by atoms with Gasteiger partial charge in [0.05, 0.1) is 30.7 Å². The lowest BCUT2D eigenvalue weighted by Crippen LogP contribution is -2.63. The molecular formula is C41H54N2O10. The van der Waals surface area contributed by atoms with E-state index in [0.717, 1.165) is 11.1 Å². The Hall–Kier alpha value is -4.68. The van der Waals surface area contributed by atoms with Gasteiger partial charge in [-0.25, -0.2) is 9.59 Å². The van der Waals surface area contributed by atoms with Crippen molar-refractivity contribution in [3.05, 3.63) is 71.3 Å². The lowest BCUT2D eigenvalue weighted by Gasteiger charge is -2.47. The molecule has 2 amide bonds. The molecule has 2 aliphatic heterocycles. The summed E-state index contributed by atoms with van der Waals surface area (Å²) in [6, 6.07) is 10.2. The van der Waals surface area contributed by atoms with Crippen LogP contribution in [0.25, 0.3) is 11.1 Å². The Morgan fingerprint density at radius 2 is 1.79 bits per heavy atom. The van der Waals surface area contributed by atoms with Crippen molar-refractivity contribution < 1.29 is 48.3 Å².